The van der Waals surface area contributed by atoms with Crippen LogP contribution in [0.4, 0.5) is 0 Å². The highest BCUT2D eigenvalue weighted by molar-refractivity contribution is 6.31. The van der Waals surface area contributed by atoms with Gasteiger partial charge in [-0.15, -0.1) is 12.4 Å². The number of hydrogen-bond acceptors (Lipinski definition) is 3. The summed E-state index contributed by atoms with van der Waals surface area (Å²) in [6.07, 6.45) is 2.10. The summed E-state index contributed by atoms with van der Waals surface area (Å²) in [7, 11) is 0. The maximum absolute atomic E-state index is 12.3. The first kappa shape index (κ1) is 17.5. The van der Waals surface area contributed by atoms with Crippen molar-refractivity contribution in [3.63, 3.8) is 0 Å². The lowest BCUT2D eigenvalue weighted by molar-refractivity contribution is -0.134. The van der Waals surface area contributed by atoms with E-state index in [1.54, 1.807) is 0 Å². The molecule has 0 saturated carbocycles. The van der Waals surface area contributed by atoms with Gasteiger partial charge in [-0.25, -0.2) is 0 Å². The van der Waals surface area contributed by atoms with E-state index in [1.807, 2.05) is 23.1 Å². The number of amides is 1. The average molecular weight is 344 g/mol. The number of hydrogen-bond donors (Lipinski definition) is 1. The van der Waals surface area contributed by atoms with E-state index in [9.17, 15) is 4.79 Å². The number of carbonyl (C=O) groups is 1. The van der Waals surface area contributed by atoms with Crippen LogP contribution >= 0.6 is 24.0 Å². The van der Waals surface area contributed by atoms with Gasteiger partial charge in [-0.1, -0.05) is 29.8 Å². The third-order valence-electron chi connectivity index (χ3n) is 4.39. The van der Waals surface area contributed by atoms with E-state index in [1.165, 1.54) is 0 Å². The van der Waals surface area contributed by atoms with Crippen LogP contribution in [0, 0.1) is 0 Å². The van der Waals surface area contributed by atoms with E-state index in [0.29, 0.717) is 0 Å². The van der Waals surface area contributed by atoms with Crippen LogP contribution in [0.2, 0.25) is 5.02 Å². The number of nitrogens with one attached hydrogen (secondary N) is 1. The van der Waals surface area contributed by atoms with Crippen molar-refractivity contribution in [2.45, 2.75) is 25.4 Å². The van der Waals surface area contributed by atoms with E-state index in [-0.39, 0.29) is 24.4 Å². The number of benzene rings is 1. The smallest absolute Gasteiger partial charge is 0.239 e. The number of halogens is 2. The largest absolute Gasteiger partial charge is 0.339 e. The lowest BCUT2D eigenvalue weighted by Crippen LogP contribution is -2.52. The first-order valence-electron chi connectivity index (χ1n) is 7.72. The van der Waals surface area contributed by atoms with Gasteiger partial charge in [-0.05, 0) is 31.0 Å². The minimum atomic E-state index is 0. The molecule has 22 heavy (non-hydrogen) atoms. The van der Waals surface area contributed by atoms with Gasteiger partial charge in [-0.2, -0.15) is 0 Å². The summed E-state index contributed by atoms with van der Waals surface area (Å²) < 4.78 is 0. The minimum absolute atomic E-state index is 0. The van der Waals surface area contributed by atoms with Crippen molar-refractivity contribution < 1.29 is 4.79 Å². The van der Waals surface area contributed by atoms with Crippen molar-refractivity contribution in [2.75, 3.05) is 32.7 Å². The fourth-order valence-corrected chi connectivity index (χ4v) is 3.31. The van der Waals surface area contributed by atoms with E-state index in [2.05, 4.69) is 16.3 Å². The molecule has 1 N–H and O–H groups in total. The summed E-state index contributed by atoms with van der Waals surface area (Å²) in [5.41, 5.74) is 1.16. The molecule has 1 amide bonds. The Hall–Kier alpha value is -0.810. The minimum Gasteiger partial charge on any atom is -0.339 e. The standard InChI is InChI=1S/C16H22ClN3O.ClH/c17-14-5-2-1-4-13(14)12-19-8-10-20(11-9-19)16(21)15-6-3-7-18-15;/h1-2,4-5,15,18H,3,6-12H2;1H. The Morgan fingerprint density at radius 3 is 2.59 bits per heavy atom. The van der Waals surface area contributed by atoms with E-state index in [4.69, 9.17) is 11.6 Å². The zero-order valence-electron chi connectivity index (χ0n) is 12.6. The summed E-state index contributed by atoms with van der Waals surface area (Å²) in [5.74, 6) is 0.282. The Kier molecular flexibility index (Phi) is 6.50. The van der Waals surface area contributed by atoms with Crippen molar-refractivity contribution in [3.8, 4) is 0 Å². The zero-order valence-corrected chi connectivity index (χ0v) is 14.2. The Morgan fingerprint density at radius 2 is 1.95 bits per heavy atom. The molecule has 2 heterocycles. The van der Waals surface area contributed by atoms with Gasteiger partial charge >= 0.3 is 0 Å². The SMILES string of the molecule is Cl.O=C(C1CCCN1)N1CCN(Cc2ccccc2Cl)CC1. The monoisotopic (exact) mass is 343 g/mol. The van der Waals surface area contributed by atoms with Crippen LogP contribution in [0.3, 0.4) is 0 Å². The lowest BCUT2D eigenvalue weighted by atomic mass is 10.1. The summed E-state index contributed by atoms with van der Waals surface area (Å²) in [6.45, 7) is 5.32. The predicted molar refractivity (Wildman–Crippen MR) is 91.6 cm³/mol. The molecule has 0 spiro atoms. The normalized spacial score (nSPS) is 22.4. The predicted octanol–water partition coefficient (Wildman–Crippen LogP) is 2.16. The number of nitrogens with zero attached hydrogens (tertiary/aromatic N) is 2. The van der Waals surface area contributed by atoms with Crippen molar-refractivity contribution >= 4 is 29.9 Å². The molecule has 1 aromatic carbocycles. The molecular weight excluding hydrogens is 321 g/mol. The molecule has 6 heteroatoms. The molecule has 4 nitrogen and oxygen atoms in total. The van der Waals surface area contributed by atoms with Crippen molar-refractivity contribution in [1.82, 2.24) is 15.1 Å². The first-order valence-corrected chi connectivity index (χ1v) is 8.10. The second-order valence-corrected chi connectivity index (χ2v) is 6.25. The Labute approximate surface area is 143 Å². The van der Waals surface area contributed by atoms with Gasteiger partial charge in [0.2, 0.25) is 5.91 Å². The van der Waals surface area contributed by atoms with Gasteiger partial charge in [0.15, 0.2) is 0 Å². The lowest BCUT2D eigenvalue weighted by Gasteiger charge is -2.36. The van der Waals surface area contributed by atoms with E-state index < -0.39 is 0 Å². The molecule has 2 saturated heterocycles. The van der Waals surface area contributed by atoms with Gasteiger partial charge in [0.1, 0.15) is 0 Å². The molecular formula is C16H23Cl2N3O. The molecule has 2 fully saturated rings. The van der Waals surface area contributed by atoms with Crippen molar-refractivity contribution in [2.24, 2.45) is 0 Å². The second kappa shape index (κ2) is 8.16. The molecule has 1 aromatic rings. The van der Waals surface area contributed by atoms with Gasteiger partial charge in [-0.3, -0.25) is 9.69 Å². The van der Waals surface area contributed by atoms with Gasteiger partial charge in [0.05, 0.1) is 6.04 Å². The highest BCUT2D eigenvalue weighted by Gasteiger charge is 2.29. The van der Waals surface area contributed by atoms with Crippen LogP contribution in [0.1, 0.15) is 18.4 Å². The molecule has 3 rings (SSSR count). The number of carbonyl (C=O) groups excluding carboxylic acids is 1. The third-order valence-corrected chi connectivity index (χ3v) is 4.76. The van der Waals surface area contributed by atoms with Crippen molar-refractivity contribution in [1.29, 1.82) is 0 Å². The molecule has 0 aromatic heterocycles. The highest BCUT2D eigenvalue weighted by atomic mass is 35.5. The topological polar surface area (TPSA) is 35.6 Å². The van der Waals surface area contributed by atoms with Crippen LogP contribution < -0.4 is 5.32 Å². The summed E-state index contributed by atoms with van der Waals surface area (Å²) in [4.78, 5) is 16.7. The summed E-state index contributed by atoms with van der Waals surface area (Å²) >= 11 is 6.21. The van der Waals surface area contributed by atoms with Crippen LogP contribution in [0.25, 0.3) is 0 Å². The van der Waals surface area contributed by atoms with Gasteiger partial charge < -0.3 is 10.2 Å². The Morgan fingerprint density at radius 1 is 1.23 bits per heavy atom. The number of rotatable bonds is 3. The van der Waals surface area contributed by atoms with Crippen LogP contribution in [-0.4, -0.2) is 54.5 Å². The Balaban J connectivity index is 0.00000176. The quantitative estimate of drug-likeness (QED) is 0.913. The Bertz CT molecular complexity index is 498. The fraction of sp³-hybridized carbons (Fsp3) is 0.562. The number of piperazine rings is 1. The highest BCUT2D eigenvalue weighted by Crippen LogP contribution is 2.18. The third kappa shape index (κ3) is 4.13. The van der Waals surface area contributed by atoms with E-state index in [0.717, 1.165) is 62.7 Å². The van der Waals surface area contributed by atoms with E-state index >= 15 is 0 Å². The van der Waals surface area contributed by atoms with Crippen molar-refractivity contribution in [3.05, 3.63) is 34.9 Å². The molecule has 0 bridgehead atoms. The van der Waals surface area contributed by atoms with Gasteiger partial charge in [0, 0.05) is 37.7 Å². The second-order valence-electron chi connectivity index (χ2n) is 5.84. The maximum Gasteiger partial charge on any atom is 0.239 e. The first-order chi connectivity index (χ1) is 10.2. The molecule has 1 unspecified atom stereocenters. The molecule has 0 aliphatic carbocycles. The summed E-state index contributed by atoms with van der Waals surface area (Å²) in [6, 6.07) is 8.04. The molecule has 122 valence electrons. The summed E-state index contributed by atoms with van der Waals surface area (Å²) in [5, 5.41) is 4.12. The fourth-order valence-electron chi connectivity index (χ4n) is 3.11. The molecule has 2 aliphatic heterocycles. The van der Waals surface area contributed by atoms with Crippen LogP contribution in [0.5, 0.6) is 0 Å². The van der Waals surface area contributed by atoms with Gasteiger partial charge in [0.25, 0.3) is 0 Å². The molecule has 2 aliphatic rings. The zero-order chi connectivity index (χ0) is 14.7. The molecule has 1 atom stereocenters. The molecule has 0 radical (unpaired) electrons. The average Bonchev–Trinajstić information content (AvgIpc) is 3.04. The van der Waals surface area contributed by atoms with Crippen LogP contribution in [0.15, 0.2) is 24.3 Å². The van der Waals surface area contributed by atoms with Crippen LogP contribution in [-0.2, 0) is 11.3 Å². The maximum atomic E-state index is 12.3.